The highest BCUT2D eigenvalue weighted by Crippen LogP contribution is 2.23. The minimum atomic E-state index is 0.970. The molecule has 0 unspecified atom stereocenters. The molecule has 0 saturated heterocycles. The molecule has 2 heterocycles. The highest BCUT2D eigenvalue weighted by atomic mass is 15.1. The number of H-pyrrole nitrogens is 2. The average Bonchev–Trinajstić information content (AvgIpc) is 2.98. The summed E-state index contributed by atoms with van der Waals surface area (Å²) in [6.07, 6.45) is 0. The summed E-state index contributed by atoms with van der Waals surface area (Å²) in [5, 5.41) is 14.4. The Labute approximate surface area is 105 Å². The van der Waals surface area contributed by atoms with Crippen LogP contribution in [-0.2, 0) is 0 Å². The van der Waals surface area contributed by atoms with Gasteiger partial charge in [0.15, 0.2) is 0 Å². The van der Waals surface area contributed by atoms with Crippen molar-refractivity contribution >= 4 is 0 Å². The van der Waals surface area contributed by atoms with E-state index in [1.54, 1.807) is 0 Å². The predicted molar refractivity (Wildman–Crippen MR) is 71.1 cm³/mol. The predicted octanol–water partition coefficient (Wildman–Crippen LogP) is 3.08. The molecule has 0 aliphatic rings. The smallest absolute Gasteiger partial charge is 0.0923 e. The third-order valence-corrected chi connectivity index (χ3v) is 2.89. The summed E-state index contributed by atoms with van der Waals surface area (Å²) in [6.45, 7) is 3.99. The van der Waals surface area contributed by atoms with Crippen LogP contribution in [0.4, 0.5) is 0 Å². The lowest BCUT2D eigenvalue weighted by atomic mass is 10.1. The molecule has 0 aliphatic carbocycles. The Balaban J connectivity index is 1.94. The number of aromatic nitrogens is 4. The topological polar surface area (TPSA) is 57.4 Å². The molecule has 0 fully saturated rings. The summed E-state index contributed by atoms with van der Waals surface area (Å²) in [7, 11) is 0. The molecule has 90 valence electrons. The molecule has 4 heteroatoms. The van der Waals surface area contributed by atoms with Gasteiger partial charge < -0.3 is 0 Å². The average molecular weight is 238 g/mol. The van der Waals surface area contributed by atoms with Gasteiger partial charge in [0.05, 0.1) is 11.4 Å². The van der Waals surface area contributed by atoms with E-state index in [-0.39, 0.29) is 0 Å². The maximum atomic E-state index is 4.25. The summed E-state index contributed by atoms with van der Waals surface area (Å²) in [6, 6.07) is 12.3. The first-order valence-corrected chi connectivity index (χ1v) is 5.87. The maximum absolute atomic E-state index is 4.25. The van der Waals surface area contributed by atoms with Gasteiger partial charge in [0.1, 0.15) is 0 Å². The number of benzene rings is 1. The van der Waals surface area contributed by atoms with Gasteiger partial charge in [-0.05, 0) is 26.0 Å². The molecule has 0 spiro atoms. The Morgan fingerprint density at radius 1 is 0.722 bits per heavy atom. The molecular formula is C14H14N4. The molecule has 0 aliphatic heterocycles. The van der Waals surface area contributed by atoms with Crippen molar-refractivity contribution in [1.82, 2.24) is 20.4 Å². The summed E-state index contributed by atoms with van der Waals surface area (Å²) in [5.41, 5.74) is 6.29. The van der Waals surface area contributed by atoms with E-state index < -0.39 is 0 Å². The van der Waals surface area contributed by atoms with Crippen molar-refractivity contribution in [2.45, 2.75) is 13.8 Å². The number of hydrogen-bond donors (Lipinski definition) is 2. The largest absolute Gasteiger partial charge is 0.282 e. The first-order valence-electron chi connectivity index (χ1n) is 5.87. The van der Waals surface area contributed by atoms with Crippen molar-refractivity contribution in [2.24, 2.45) is 0 Å². The van der Waals surface area contributed by atoms with E-state index in [1.807, 2.05) is 26.0 Å². The summed E-state index contributed by atoms with van der Waals surface area (Å²) >= 11 is 0. The van der Waals surface area contributed by atoms with Crippen LogP contribution in [0.3, 0.4) is 0 Å². The first-order chi connectivity index (χ1) is 8.72. The Kier molecular flexibility index (Phi) is 2.48. The van der Waals surface area contributed by atoms with Crippen LogP contribution in [0.15, 0.2) is 36.4 Å². The fourth-order valence-electron chi connectivity index (χ4n) is 1.94. The Morgan fingerprint density at radius 3 is 1.39 bits per heavy atom. The molecular weight excluding hydrogens is 224 g/mol. The lowest BCUT2D eigenvalue weighted by Gasteiger charge is -1.99. The fourth-order valence-corrected chi connectivity index (χ4v) is 1.94. The van der Waals surface area contributed by atoms with E-state index in [1.165, 1.54) is 0 Å². The number of aromatic amines is 2. The van der Waals surface area contributed by atoms with Crippen LogP contribution in [0.25, 0.3) is 22.5 Å². The van der Waals surface area contributed by atoms with Crippen LogP contribution in [0, 0.1) is 13.8 Å². The summed E-state index contributed by atoms with van der Waals surface area (Å²) in [5.74, 6) is 0. The minimum Gasteiger partial charge on any atom is -0.282 e. The van der Waals surface area contributed by atoms with Gasteiger partial charge in [0, 0.05) is 22.5 Å². The SMILES string of the molecule is Cc1cc(-c2ccc(-c3cc(C)[nH]n3)cc2)n[nH]1. The first kappa shape index (κ1) is 10.8. The van der Waals surface area contributed by atoms with Gasteiger partial charge in [-0.2, -0.15) is 10.2 Å². The number of aryl methyl sites for hydroxylation is 2. The van der Waals surface area contributed by atoms with Gasteiger partial charge in [0.2, 0.25) is 0 Å². The van der Waals surface area contributed by atoms with E-state index in [0.29, 0.717) is 0 Å². The monoisotopic (exact) mass is 238 g/mol. The van der Waals surface area contributed by atoms with E-state index in [9.17, 15) is 0 Å². The van der Waals surface area contributed by atoms with Crippen molar-refractivity contribution in [3.63, 3.8) is 0 Å². The van der Waals surface area contributed by atoms with Crippen molar-refractivity contribution in [2.75, 3.05) is 0 Å². The van der Waals surface area contributed by atoms with Gasteiger partial charge in [0.25, 0.3) is 0 Å². The summed E-state index contributed by atoms with van der Waals surface area (Å²) < 4.78 is 0. The van der Waals surface area contributed by atoms with Gasteiger partial charge in [-0.25, -0.2) is 0 Å². The zero-order valence-corrected chi connectivity index (χ0v) is 10.4. The molecule has 4 nitrogen and oxygen atoms in total. The molecule has 2 N–H and O–H groups in total. The van der Waals surface area contributed by atoms with E-state index in [0.717, 1.165) is 33.9 Å². The standard InChI is InChI=1S/C14H14N4/c1-9-7-13(17-15-9)11-3-5-12(6-4-11)14-8-10(2)16-18-14/h3-8H,1-2H3,(H,15,17)(H,16,18). The van der Waals surface area contributed by atoms with Crippen LogP contribution in [-0.4, -0.2) is 20.4 Å². The molecule has 3 rings (SSSR count). The number of hydrogen-bond acceptors (Lipinski definition) is 2. The molecule has 0 radical (unpaired) electrons. The van der Waals surface area contributed by atoms with Gasteiger partial charge in [-0.3, -0.25) is 10.2 Å². The molecule has 3 aromatic rings. The minimum absolute atomic E-state index is 0.970. The lowest BCUT2D eigenvalue weighted by Crippen LogP contribution is -1.80. The summed E-state index contributed by atoms with van der Waals surface area (Å²) in [4.78, 5) is 0. The van der Waals surface area contributed by atoms with Crippen molar-refractivity contribution in [3.05, 3.63) is 47.8 Å². The molecule has 0 amide bonds. The molecule has 0 bridgehead atoms. The van der Waals surface area contributed by atoms with Gasteiger partial charge >= 0.3 is 0 Å². The van der Waals surface area contributed by atoms with Gasteiger partial charge in [-0.1, -0.05) is 24.3 Å². The zero-order chi connectivity index (χ0) is 12.5. The van der Waals surface area contributed by atoms with E-state index in [2.05, 4.69) is 44.7 Å². The zero-order valence-electron chi connectivity index (χ0n) is 10.4. The Bertz CT molecular complexity index is 602. The van der Waals surface area contributed by atoms with E-state index in [4.69, 9.17) is 0 Å². The van der Waals surface area contributed by atoms with Crippen LogP contribution >= 0.6 is 0 Å². The second-order valence-corrected chi connectivity index (χ2v) is 4.45. The van der Waals surface area contributed by atoms with Crippen LogP contribution in [0.1, 0.15) is 11.4 Å². The number of nitrogens with one attached hydrogen (secondary N) is 2. The highest BCUT2D eigenvalue weighted by molar-refractivity contribution is 5.66. The fraction of sp³-hybridized carbons (Fsp3) is 0.143. The highest BCUT2D eigenvalue weighted by Gasteiger charge is 2.04. The number of nitrogens with zero attached hydrogens (tertiary/aromatic N) is 2. The molecule has 0 saturated carbocycles. The quantitative estimate of drug-likeness (QED) is 0.720. The number of rotatable bonds is 2. The molecule has 2 aromatic heterocycles. The van der Waals surface area contributed by atoms with Crippen molar-refractivity contribution < 1.29 is 0 Å². The van der Waals surface area contributed by atoms with Crippen LogP contribution in [0.2, 0.25) is 0 Å². The van der Waals surface area contributed by atoms with Gasteiger partial charge in [-0.15, -0.1) is 0 Å². The Morgan fingerprint density at radius 2 is 1.11 bits per heavy atom. The molecule has 0 atom stereocenters. The molecule has 18 heavy (non-hydrogen) atoms. The van der Waals surface area contributed by atoms with Crippen LogP contribution < -0.4 is 0 Å². The molecule has 1 aromatic carbocycles. The second kappa shape index (κ2) is 4.14. The third-order valence-electron chi connectivity index (χ3n) is 2.89. The normalized spacial score (nSPS) is 10.8. The third kappa shape index (κ3) is 1.93. The van der Waals surface area contributed by atoms with Crippen LogP contribution in [0.5, 0.6) is 0 Å². The van der Waals surface area contributed by atoms with Crippen molar-refractivity contribution in [1.29, 1.82) is 0 Å². The van der Waals surface area contributed by atoms with E-state index >= 15 is 0 Å². The van der Waals surface area contributed by atoms with Crippen molar-refractivity contribution in [3.8, 4) is 22.5 Å². The Hall–Kier alpha value is -2.36. The second-order valence-electron chi connectivity index (χ2n) is 4.45. The lowest BCUT2D eigenvalue weighted by molar-refractivity contribution is 1.05. The maximum Gasteiger partial charge on any atom is 0.0923 e.